The van der Waals surface area contributed by atoms with E-state index in [2.05, 4.69) is 4.72 Å². The van der Waals surface area contributed by atoms with Crippen LogP contribution in [0.25, 0.3) is 0 Å². The van der Waals surface area contributed by atoms with Crippen molar-refractivity contribution < 1.29 is 13.5 Å². The van der Waals surface area contributed by atoms with Crippen LogP contribution in [0, 0.1) is 0 Å². The Kier molecular flexibility index (Phi) is 4.13. The molecular formula is C13H20N2O3S. The maximum Gasteiger partial charge on any atom is 0.214 e. The molecule has 0 aromatic heterocycles. The van der Waals surface area contributed by atoms with Crippen molar-refractivity contribution in [3.8, 4) is 0 Å². The summed E-state index contributed by atoms with van der Waals surface area (Å²) < 4.78 is 25.8. The van der Waals surface area contributed by atoms with Gasteiger partial charge in [-0.25, -0.2) is 13.1 Å². The molecule has 1 saturated carbocycles. The van der Waals surface area contributed by atoms with Crippen LogP contribution in [-0.4, -0.2) is 39.4 Å². The predicted octanol–water partition coefficient (Wildman–Crippen LogP) is 0.868. The summed E-state index contributed by atoms with van der Waals surface area (Å²) in [4.78, 5) is 1.96. The highest BCUT2D eigenvalue weighted by atomic mass is 32.2. The van der Waals surface area contributed by atoms with E-state index in [-0.39, 0.29) is 11.8 Å². The number of aliphatic hydroxyl groups is 1. The van der Waals surface area contributed by atoms with E-state index < -0.39 is 16.1 Å². The molecule has 106 valence electrons. The zero-order valence-corrected chi connectivity index (χ0v) is 12.0. The minimum atomic E-state index is -3.23. The molecule has 1 fully saturated rings. The number of nitrogens with one attached hydrogen (secondary N) is 1. The highest BCUT2D eigenvalue weighted by Gasteiger charge is 2.35. The maximum atomic E-state index is 11.6. The quantitative estimate of drug-likeness (QED) is 0.813. The number of benzene rings is 1. The van der Waals surface area contributed by atoms with Gasteiger partial charge in [0.05, 0.1) is 11.4 Å². The highest BCUT2D eigenvalue weighted by molar-refractivity contribution is 7.90. The summed E-state index contributed by atoms with van der Waals surface area (Å²) in [5.41, 5.74) is 1.75. The van der Waals surface area contributed by atoms with Gasteiger partial charge in [-0.3, -0.25) is 0 Å². The van der Waals surface area contributed by atoms with Crippen LogP contribution in [0.15, 0.2) is 24.3 Å². The molecule has 0 heterocycles. The molecule has 2 N–H and O–H groups in total. The van der Waals surface area contributed by atoms with Crippen molar-refractivity contribution in [1.82, 2.24) is 4.72 Å². The fourth-order valence-corrected chi connectivity index (χ4v) is 3.19. The summed E-state index contributed by atoms with van der Waals surface area (Å²) in [7, 11) is 0.649. The summed E-state index contributed by atoms with van der Waals surface area (Å²) in [6.45, 7) is 0.0279. The van der Waals surface area contributed by atoms with Crippen molar-refractivity contribution in [2.75, 3.05) is 25.5 Å². The summed E-state index contributed by atoms with van der Waals surface area (Å²) >= 11 is 0. The van der Waals surface area contributed by atoms with E-state index in [0.717, 1.165) is 18.5 Å². The number of hydrogen-bond donors (Lipinski definition) is 2. The SMILES string of the molecule is CN(C)c1ccc([C@@H](O)CNS(=O)(=O)C2CC2)cc1. The van der Waals surface area contributed by atoms with E-state index in [9.17, 15) is 13.5 Å². The fourth-order valence-electron chi connectivity index (χ4n) is 1.80. The Morgan fingerprint density at radius 1 is 1.32 bits per heavy atom. The number of aliphatic hydroxyl groups excluding tert-OH is 1. The van der Waals surface area contributed by atoms with Crippen LogP contribution in [0.5, 0.6) is 0 Å². The second-order valence-electron chi connectivity index (χ2n) is 5.09. The Bertz CT molecular complexity index is 521. The van der Waals surface area contributed by atoms with E-state index in [1.54, 1.807) is 0 Å². The lowest BCUT2D eigenvalue weighted by molar-refractivity contribution is 0.182. The molecule has 0 amide bonds. The highest BCUT2D eigenvalue weighted by Crippen LogP contribution is 2.27. The van der Waals surface area contributed by atoms with Crippen LogP contribution in [0.2, 0.25) is 0 Å². The van der Waals surface area contributed by atoms with Crippen LogP contribution in [0.3, 0.4) is 0 Å². The van der Waals surface area contributed by atoms with Gasteiger partial charge >= 0.3 is 0 Å². The number of hydrogen-bond acceptors (Lipinski definition) is 4. The molecule has 5 nitrogen and oxygen atoms in total. The normalized spacial score (nSPS) is 17.2. The summed E-state index contributed by atoms with van der Waals surface area (Å²) in [6.07, 6.45) is 0.635. The van der Waals surface area contributed by atoms with Crippen LogP contribution in [-0.2, 0) is 10.0 Å². The van der Waals surface area contributed by atoms with Gasteiger partial charge in [-0.05, 0) is 30.5 Å². The van der Waals surface area contributed by atoms with E-state index in [1.165, 1.54) is 0 Å². The first kappa shape index (κ1) is 14.3. The average Bonchev–Trinajstić information content (AvgIpc) is 3.20. The lowest BCUT2D eigenvalue weighted by atomic mass is 10.1. The first-order valence-corrected chi connectivity index (χ1v) is 7.88. The van der Waals surface area contributed by atoms with E-state index in [1.807, 2.05) is 43.3 Å². The molecule has 6 heteroatoms. The molecule has 1 atom stereocenters. The number of nitrogens with zero attached hydrogens (tertiary/aromatic N) is 1. The van der Waals surface area contributed by atoms with Crippen LogP contribution < -0.4 is 9.62 Å². The second-order valence-corrected chi connectivity index (χ2v) is 7.14. The van der Waals surface area contributed by atoms with Gasteiger partial charge in [0, 0.05) is 26.3 Å². The first-order valence-electron chi connectivity index (χ1n) is 6.34. The van der Waals surface area contributed by atoms with Gasteiger partial charge < -0.3 is 10.0 Å². The average molecular weight is 284 g/mol. The predicted molar refractivity (Wildman–Crippen MR) is 75.7 cm³/mol. The van der Waals surface area contributed by atoms with Gasteiger partial charge in [0.15, 0.2) is 0 Å². The molecule has 1 aromatic rings. The van der Waals surface area contributed by atoms with Crippen LogP contribution in [0.4, 0.5) is 5.69 Å². The van der Waals surface area contributed by atoms with Crippen molar-refractivity contribution in [2.24, 2.45) is 0 Å². The maximum absolute atomic E-state index is 11.6. The molecule has 0 spiro atoms. The van der Waals surface area contributed by atoms with Gasteiger partial charge in [-0.2, -0.15) is 0 Å². The van der Waals surface area contributed by atoms with Gasteiger partial charge in [-0.15, -0.1) is 0 Å². The summed E-state index contributed by atoms with van der Waals surface area (Å²) in [5.74, 6) is 0. The number of rotatable bonds is 6. The first-order chi connectivity index (χ1) is 8.90. The molecule has 0 saturated heterocycles. The van der Waals surface area contributed by atoms with Crippen molar-refractivity contribution in [3.63, 3.8) is 0 Å². The third kappa shape index (κ3) is 3.68. The van der Waals surface area contributed by atoms with E-state index in [4.69, 9.17) is 0 Å². The monoisotopic (exact) mass is 284 g/mol. The lowest BCUT2D eigenvalue weighted by Gasteiger charge is -2.15. The third-order valence-electron chi connectivity index (χ3n) is 3.24. The Hall–Kier alpha value is -1.11. The third-order valence-corrected chi connectivity index (χ3v) is 5.15. The standard InChI is InChI=1S/C13H20N2O3S/c1-15(2)11-5-3-10(4-6-11)13(16)9-14-19(17,18)12-7-8-12/h3-6,12-14,16H,7-9H2,1-2H3/t13-/m0/s1. The Labute approximate surface area is 114 Å². The molecule has 0 bridgehead atoms. The summed E-state index contributed by atoms with van der Waals surface area (Å²) in [6, 6.07) is 7.42. The minimum absolute atomic E-state index is 0.0279. The van der Waals surface area contributed by atoms with Crippen molar-refractivity contribution >= 4 is 15.7 Å². The number of anilines is 1. The number of sulfonamides is 1. The van der Waals surface area contributed by atoms with Crippen LogP contribution >= 0.6 is 0 Å². The molecule has 0 aliphatic heterocycles. The van der Waals surface area contributed by atoms with Crippen LogP contribution in [0.1, 0.15) is 24.5 Å². The van der Waals surface area contributed by atoms with E-state index >= 15 is 0 Å². The molecule has 19 heavy (non-hydrogen) atoms. The zero-order chi connectivity index (χ0) is 14.0. The Morgan fingerprint density at radius 3 is 2.37 bits per heavy atom. The smallest absolute Gasteiger partial charge is 0.214 e. The zero-order valence-electron chi connectivity index (χ0n) is 11.2. The minimum Gasteiger partial charge on any atom is -0.387 e. The van der Waals surface area contributed by atoms with Gasteiger partial charge in [-0.1, -0.05) is 12.1 Å². The Balaban J connectivity index is 1.94. The van der Waals surface area contributed by atoms with E-state index in [0.29, 0.717) is 5.56 Å². The molecule has 1 aliphatic rings. The molecule has 2 rings (SSSR count). The fraction of sp³-hybridized carbons (Fsp3) is 0.538. The Morgan fingerprint density at radius 2 is 1.89 bits per heavy atom. The van der Waals surface area contributed by atoms with Gasteiger partial charge in [0.2, 0.25) is 10.0 Å². The molecular weight excluding hydrogens is 264 g/mol. The molecule has 1 aliphatic carbocycles. The summed E-state index contributed by atoms with van der Waals surface area (Å²) in [5, 5.41) is 9.72. The topological polar surface area (TPSA) is 69.6 Å². The molecule has 1 aromatic carbocycles. The molecule has 0 radical (unpaired) electrons. The van der Waals surface area contributed by atoms with Crippen molar-refractivity contribution in [3.05, 3.63) is 29.8 Å². The van der Waals surface area contributed by atoms with Crippen molar-refractivity contribution in [1.29, 1.82) is 0 Å². The molecule has 0 unspecified atom stereocenters. The second kappa shape index (κ2) is 5.48. The lowest BCUT2D eigenvalue weighted by Crippen LogP contribution is -2.31. The van der Waals surface area contributed by atoms with Crippen molar-refractivity contribution in [2.45, 2.75) is 24.2 Å². The van der Waals surface area contributed by atoms with Gasteiger partial charge in [0.1, 0.15) is 0 Å². The largest absolute Gasteiger partial charge is 0.387 e. The van der Waals surface area contributed by atoms with Gasteiger partial charge in [0.25, 0.3) is 0 Å².